The molecule has 0 aromatic rings. The lowest BCUT2D eigenvalue weighted by Crippen LogP contribution is -2.63. The summed E-state index contributed by atoms with van der Waals surface area (Å²) in [6, 6.07) is 0. The molecule has 1 N–H and O–H groups in total. The summed E-state index contributed by atoms with van der Waals surface area (Å²) < 4.78 is 58.9. The van der Waals surface area contributed by atoms with E-state index >= 15 is 0 Å². The minimum atomic E-state index is -4.68. The van der Waals surface area contributed by atoms with Crippen molar-refractivity contribution in [3.63, 3.8) is 0 Å². The molecule has 18 heavy (non-hydrogen) atoms. The van der Waals surface area contributed by atoms with Crippen molar-refractivity contribution in [3.8, 4) is 0 Å². The zero-order valence-electron chi connectivity index (χ0n) is 11.2. The summed E-state index contributed by atoms with van der Waals surface area (Å²) in [4.78, 5) is 0. The molecule has 1 aliphatic rings. The molecule has 108 valence electrons. The Morgan fingerprint density at radius 1 is 1.28 bits per heavy atom. The normalized spacial score (nSPS) is 20.2. The number of hydrogen-bond acceptors (Lipinski definition) is 3. The maximum absolute atomic E-state index is 14.3. The Morgan fingerprint density at radius 3 is 2.06 bits per heavy atom. The summed E-state index contributed by atoms with van der Waals surface area (Å²) in [6.07, 6.45) is 0. The summed E-state index contributed by atoms with van der Waals surface area (Å²) in [7, 11) is -4.68. The van der Waals surface area contributed by atoms with Crippen LogP contribution in [-0.4, -0.2) is 33.4 Å². The van der Waals surface area contributed by atoms with Crippen molar-refractivity contribution in [2.75, 3.05) is 19.8 Å². The fraction of sp³-hybridized carbons (Fsp3) is 1.00. The highest BCUT2D eigenvalue weighted by Gasteiger charge is 2.67. The second kappa shape index (κ2) is 5.02. The molecule has 1 fully saturated rings. The van der Waals surface area contributed by atoms with Crippen molar-refractivity contribution >= 4 is 10.0 Å². The molecule has 0 saturated carbocycles. The van der Waals surface area contributed by atoms with Crippen LogP contribution in [-0.2, 0) is 14.8 Å². The van der Waals surface area contributed by atoms with Crippen LogP contribution in [0.2, 0.25) is 0 Å². The van der Waals surface area contributed by atoms with E-state index < -0.39 is 26.6 Å². The van der Waals surface area contributed by atoms with Crippen LogP contribution in [0.3, 0.4) is 0 Å². The molecule has 1 saturated heterocycles. The predicted molar refractivity (Wildman–Crippen MR) is 64.8 cm³/mol. The number of sulfonamides is 1. The third kappa shape index (κ3) is 2.40. The molecule has 0 aromatic heterocycles. The van der Waals surface area contributed by atoms with Gasteiger partial charge in [-0.25, -0.2) is 13.1 Å². The Morgan fingerprint density at radius 2 is 1.78 bits per heavy atom. The lowest BCUT2D eigenvalue weighted by Gasteiger charge is -2.48. The molecule has 0 spiro atoms. The highest BCUT2D eigenvalue weighted by Crippen LogP contribution is 2.50. The largest absolute Gasteiger partial charge is 0.380 e. The number of hydrogen-bond donors (Lipinski definition) is 1. The maximum atomic E-state index is 14.3. The van der Waals surface area contributed by atoms with Gasteiger partial charge in [0, 0.05) is 6.54 Å². The molecular weight excluding hydrogens is 264 g/mol. The summed E-state index contributed by atoms with van der Waals surface area (Å²) in [5, 5.41) is -3.82. The third-order valence-corrected chi connectivity index (χ3v) is 5.05. The molecule has 0 bridgehead atoms. The highest BCUT2D eigenvalue weighted by molar-refractivity contribution is 7.90. The van der Waals surface area contributed by atoms with E-state index in [0.29, 0.717) is 0 Å². The van der Waals surface area contributed by atoms with E-state index in [-0.39, 0.29) is 25.7 Å². The number of ether oxygens (including phenoxy) is 1. The molecule has 1 heterocycles. The monoisotopic (exact) mass is 285 g/mol. The van der Waals surface area contributed by atoms with Gasteiger partial charge in [0.05, 0.1) is 18.6 Å². The number of nitrogens with one attached hydrogen (secondary N) is 1. The van der Waals surface area contributed by atoms with Crippen molar-refractivity contribution < 1.29 is 21.9 Å². The Kier molecular flexibility index (Phi) is 4.40. The second-order valence-electron chi connectivity index (χ2n) is 5.57. The molecular formula is C11H21F2NO3S. The van der Waals surface area contributed by atoms with Crippen LogP contribution in [0.15, 0.2) is 0 Å². The highest BCUT2D eigenvalue weighted by atomic mass is 32.2. The van der Waals surface area contributed by atoms with Crippen LogP contribution in [0.1, 0.15) is 27.7 Å². The molecule has 0 aliphatic carbocycles. The van der Waals surface area contributed by atoms with Gasteiger partial charge in [-0.3, -0.25) is 0 Å². The molecule has 0 radical (unpaired) electrons. The molecule has 1 aliphatic heterocycles. The van der Waals surface area contributed by atoms with Gasteiger partial charge in [0.15, 0.2) is 0 Å². The van der Waals surface area contributed by atoms with E-state index in [9.17, 15) is 17.2 Å². The van der Waals surface area contributed by atoms with E-state index in [2.05, 4.69) is 0 Å². The lowest BCUT2D eigenvalue weighted by atomic mass is 9.75. The van der Waals surface area contributed by atoms with Crippen LogP contribution >= 0.6 is 0 Å². The van der Waals surface area contributed by atoms with Crippen molar-refractivity contribution in [1.82, 2.24) is 4.72 Å². The SMILES string of the molecule is CC(C)CNS(=O)(=O)C(F)(F)C1(C(C)C)COC1. The van der Waals surface area contributed by atoms with Crippen molar-refractivity contribution in [2.24, 2.45) is 17.3 Å². The first kappa shape index (κ1) is 15.8. The third-order valence-electron chi connectivity index (χ3n) is 3.42. The first-order valence-electron chi connectivity index (χ1n) is 6.01. The Bertz CT molecular complexity index is 389. The molecule has 0 atom stereocenters. The van der Waals surface area contributed by atoms with Gasteiger partial charge in [-0.1, -0.05) is 27.7 Å². The lowest BCUT2D eigenvalue weighted by molar-refractivity contribution is -0.227. The molecule has 1 rings (SSSR count). The average molecular weight is 285 g/mol. The van der Waals surface area contributed by atoms with Crippen LogP contribution in [0.4, 0.5) is 8.78 Å². The Labute approximate surface area is 107 Å². The number of rotatable bonds is 6. The number of halogens is 2. The smallest absolute Gasteiger partial charge is 0.369 e. The van der Waals surface area contributed by atoms with Gasteiger partial charge in [-0.15, -0.1) is 0 Å². The quantitative estimate of drug-likeness (QED) is 0.810. The van der Waals surface area contributed by atoms with Gasteiger partial charge in [-0.05, 0) is 11.8 Å². The van der Waals surface area contributed by atoms with Crippen LogP contribution in [0.5, 0.6) is 0 Å². The van der Waals surface area contributed by atoms with E-state index in [1.54, 1.807) is 27.7 Å². The molecule has 7 heteroatoms. The van der Waals surface area contributed by atoms with E-state index in [1.807, 2.05) is 4.72 Å². The summed E-state index contributed by atoms with van der Waals surface area (Å²) in [6.45, 7) is 6.26. The Hall–Kier alpha value is -0.270. The second-order valence-corrected chi connectivity index (χ2v) is 7.37. The van der Waals surface area contributed by atoms with E-state index in [1.165, 1.54) is 0 Å². The van der Waals surface area contributed by atoms with Crippen LogP contribution in [0, 0.1) is 17.3 Å². The van der Waals surface area contributed by atoms with Gasteiger partial charge < -0.3 is 4.74 Å². The van der Waals surface area contributed by atoms with E-state index in [0.717, 1.165) is 0 Å². The summed E-state index contributed by atoms with van der Waals surface area (Å²) >= 11 is 0. The summed E-state index contributed by atoms with van der Waals surface area (Å²) in [5.74, 6) is -0.500. The molecule has 0 amide bonds. The van der Waals surface area contributed by atoms with Crippen molar-refractivity contribution in [3.05, 3.63) is 0 Å². The van der Waals surface area contributed by atoms with Crippen molar-refractivity contribution in [2.45, 2.75) is 32.9 Å². The fourth-order valence-electron chi connectivity index (χ4n) is 1.79. The summed E-state index contributed by atoms with van der Waals surface area (Å²) in [5.41, 5.74) is -1.62. The van der Waals surface area contributed by atoms with Gasteiger partial charge in [0.1, 0.15) is 0 Å². The first-order valence-corrected chi connectivity index (χ1v) is 7.50. The molecule has 4 nitrogen and oxygen atoms in total. The standard InChI is InChI=1S/C11H21F2NO3S/c1-8(2)5-14-18(15,16)11(12,13)10(9(3)4)6-17-7-10/h8-9,14H,5-7H2,1-4H3. The fourth-order valence-corrected chi connectivity index (χ4v) is 3.42. The maximum Gasteiger partial charge on any atom is 0.369 e. The first-order chi connectivity index (χ1) is 8.07. The number of alkyl halides is 2. The van der Waals surface area contributed by atoms with Gasteiger partial charge >= 0.3 is 5.25 Å². The topological polar surface area (TPSA) is 55.4 Å². The van der Waals surface area contributed by atoms with Crippen LogP contribution in [0.25, 0.3) is 0 Å². The predicted octanol–water partition coefficient (Wildman–Crippen LogP) is 1.83. The molecule has 0 aromatic carbocycles. The minimum Gasteiger partial charge on any atom is -0.380 e. The zero-order chi connectivity index (χ0) is 14.2. The van der Waals surface area contributed by atoms with E-state index in [4.69, 9.17) is 4.74 Å². The van der Waals surface area contributed by atoms with Crippen molar-refractivity contribution in [1.29, 1.82) is 0 Å². The van der Waals surface area contributed by atoms with Gasteiger partial charge in [-0.2, -0.15) is 8.78 Å². The minimum absolute atomic E-state index is 0.00690. The Balaban J connectivity index is 2.97. The van der Waals surface area contributed by atoms with Gasteiger partial charge in [0.2, 0.25) is 0 Å². The zero-order valence-corrected chi connectivity index (χ0v) is 12.0. The molecule has 0 unspecified atom stereocenters. The average Bonchev–Trinajstić information content (AvgIpc) is 2.11. The van der Waals surface area contributed by atoms with Crippen LogP contribution < -0.4 is 4.72 Å². The van der Waals surface area contributed by atoms with Gasteiger partial charge in [0.25, 0.3) is 10.0 Å².